The first-order valence-corrected chi connectivity index (χ1v) is 8.71. The maximum atomic E-state index is 10.1. The highest BCUT2D eigenvalue weighted by molar-refractivity contribution is 5.50. The van der Waals surface area contributed by atoms with E-state index in [-0.39, 0.29) is 11.5 Å². The van der Waals surface area contributed by atoms with Gasteiger partial charge in [-0.2, -0.15) is 0 Å². The van der Waals surface area contributed by atoms with E-state index in [1.165, 1.54) is 50.5 Å². The number of benzene rings is 1. The summed E-state index contributed by atoms with van der Waals surface area (Å²) in [6.07, 6.45) is 11.5. The molecule has 2 nitrogen and oxygen atoms in total. The van der Waals surface area contributed by atoms with Gasteiger partial charge in [0.05, 0.1) is 0 Å². The second kappa shape index (κ2) is 6.29. The quantitative estimate of drug-likeness (QED) is 0.767. The van der Waals surface area contributed by atoms with Crippen LogP contribution in [0.5, 0.6) is 11.5 Å². The summed E-state index contributed by atoms with van der Waals surface area (Å²) in [4.78, 5) is 0. The van der Waals surface area contributed by atoms with E-state index in [0.717, 1.165) is 30.2 Å². The zero-order valence-electron chi connectivity index (χ0n) is 13.1. The van der Waals surface area contributed by atoms with Crippen molar-refractivity contribution in [3.8, 4) is 11.5 Å². The lowest BCUT2D eigenvalue weighted by molar-refractivity contribution is 0.208. The lowest BCUT2D eigenvalue weighted by atomic mass is 9.69. The Labute approximate surface area is 128 Å². The van der Waals surface area contributed by atoms with Gasteiger partial charge >= 0.3 is 0 Å². The molecule has 2 heteroatoms. The number of phenols is 2. The van der Waals surface area contributed by atoms with Crippen LogP contribution in [0.3, 0.4) is 0 Å². The minimum atomic E-state index is 0.0426. The number of aromatic hydroxyl groups is 2. The van der Waals surface area contributed by atoms with Gasteiger partial charge in [0.2, 0.25) is 0 Å². The molecule has 0 radical (unpaired) electrons. The van der Waals surface area contributed by atoms with Gasteiger partial charge in [0.15, 0.2) is 11.5 Å². The van der Waals surface area contributed by atoms with Gasteiger partial charge in [-0.15, -0.1) is 0 Å². The van der Waals surface area contributed by atoms with E-state index in [0.29, 0.717) is 5.92 Å². The smallest absolute Gasteiger partial charge is 0.160 e. The van der Waals surface area contributed by atoms with Crippen molar-refractivity contribution in [3.05, 3.63) is 23.3 Å². The Morgan fingerprint density at radius 3 is 2.62 bits per heavy atom. The van der Waals surface area contributed by atoms with Gasteiger partial charge in [-0.3, -0.25) is 0 Å². The fraction of sp³-hybridized carbons (Fsp3) is 0.684. The van der Waals surface area contributed by atoms with E-state index in [1.54, 1.807) is 6.07 Å². The molecule has 1 aromatic carbocycles. The van der Waals surface area contributed by atoms with E-state index >= 15 is 0 Å². The SMILES string of the molecule is CCCC1CCC[C@@H]2Cc3c(ccc(O)c3O)CC2CC1. The standard InChI is InChI=1S/C19H28O2/c1-2-4-13-5-3-6-14-12-17-16(11-15(14)8-7-13)9-10-18(20)19(17)21/h9-10,13-15,20-21H,2-8,11-12H2,1H3/t13?,14-,15?/m1/s1. The van der Waals surface area contributed by atoms with Crippen LogP contribution in [0.2, 0.25) is 0 Å². The molecule has 2 aliphatic carbocycles. The maximum Gasteiger partial charge on any atom is 0.160 e. The maximum absolute atomic E-state index is 10.1. The largest absolute Gasteiger partial charge is 0.504 e. The van der Waals surface area contributed by atoms with Crippen LogP contribution in [-0.4, -0.2) is 10.2 Å². The molecule has 0 heterocycles. The first kappa shape index (κ1) is 14.7. The molecule has 0 saturated heterocycles. The second-order valence-corrected chi connectivity index (χ2v) is 7.16. The summed E-state index contributed by atoms with van der Waals surface area (Å²) in [5, 5.41) is 19.8. The summed E-state index contributed by atoms with van der Waals surface area (Å²) in [6, 6.07) is 3.67. The van der Waals surface area contributed by atoms with Crippen molar-refractivity contribution in [3.63, 3.8) is 0 Å². The van der Waals surface area contributed by atoms with Crippen molar-refractivity contribution < 1.29 is 10.2 Å². The predicted octanol–water partition coefficient (Wildman–Crippen LogP) is 4.81. The highest BCUT2D eigenvalue weighted by atomic mass is 16.3. The third-order valence-electron chi connectivity index (χ3n) is 5.80. The summed E-state index contributed by atoms with van der Waals surface area (Å²) >= 11 is 0. The average molecular weight is 288 g/mol. The second-order valence-electron chi connectivity index (χ2n) is 7.16. The van der Waals surface area contributed by atoms with Gasteiger partial charge in [0.1, 0.15) is 0 Å². The van der Waals surface area contributed by atoms with E-state index in [4.69, 9.17) is 0 Å². The van der Waals surface area contributed by atoms with Crippen molar-refractivity contribution in [1.82, 2.24) is 0 Å². The number of fused-ring (bicyclic) bond motifs is 2. The zero-order chi connectivity index (χ0) is 14.8. The number of rotatable bonds is 2. The summed E-state index contributed by atoms with van der Waals surface area (Å²) in [6.45, 7) is 2.30. The number of hydrogen-bond acceptors (Lipinski definition) is 2. The molecule has 1 aromatic rings. The molecule has 0 amide bonds. The van der Waals surface area contributed by atoms with Gasteiger partial charge in [0, 0.05) is 5.56 Å². The average Bonchev–Trinajstić information content (AvgIpc) is 2.46. The first-order chi connectivity index (χ1) is 10.2. The summed E-state index contributed by atoms with van der Waals surface area (Å²) in [7, 11) is 0. The van der Waals surface area contributed by atoms with Crippen LogP contribution in [0.15, 0.2) is 12.1 Å². The van der Waals surface area contributed by atoms with Crippen LogP contribution in [-0.2, 0) is 12.8 Å². The first-order valence-electron chi connectivity index (χ1n) is 8.71. The molecule has 116 valence electrons. The number of hydrogen-bond donors (Lipinski definition) is 2. The summed E-state index contributed by atoms with van der Waals surface area (Å²) < 4.78 is 0. The van der Waals surface area contributed by atoms with Crippen LogP contribution in [0.1, 0.15) is 63.0 Å². The van der Waals surface area contributed by atoms with E-state index < -0.39 is 0 Å². The fourth-order valence-electron chi connectivity index (χ4n) is 4.60. The molecule has 0 bridgehead atoms. The van der Waals surface area contributed by atoms with Gasteiger partial charge < -0.3 is 10.2 Å². The van der Waals surface area contributed by atoms with Crippen molar-refractivity contribution in [2.45, 2.75) is 64.7 Å². The zero-order valence-corrected chi connectivity index (χ0v) is 13.1. The van der Waals surface area contributed by atoms with Crippen molar-refractivity contribution in [2.75, 3.05) is 0 Å². The van der Waals surface area contributed by atoms with Crippen LogP contribution in [0.4, 0.5) is 0 Å². The Bertz CT molecular complexity index is 495. The van der Waals surface area contributed by atoms with Crippen molar-refractivity contribution in [2.24, 2.45) is 17.8 Å². The Balaban J connectivity index is 1.76. The lowest BCUT2D eigenvalue weighted by Gasteiger charge is -2.36. The molecule has 0 aliphatic heterocycles. The predicted molar refractivity (Wildman–Crippen MR) is 85.6 cm³/mol. The summed E-state index contributed by atoms with van der Waals surface area (Å²) in [5.74, 6) is 2.59. The Hall–Kier alpha value is -1.18. The van der Waals surface area contributed by atoms with Crippen LogP contribution < -0.4 is 0 Å². The van der Waals surface area contributed by atoms with Gasteiger partial charge in [0.25, 0.3) is 0 Å². The van der Waals surface area contributed by atoms with Crippen LogP contribution in [0.25, 0.3) is 0 Å². The Morgan fingerprint density at radius 2 is 1.81 bits per heavy atom. The van der Waals surface area contributed by atoms with Gasteiger partial charge in [-0.05, 0) is 55.1 Å². The third kappa shape index (κ3) is 3.04. The van der Waals surface area contributed by atoms with Crippen LogP contribution in [0, 0.1) is 17.8 Å². The topological polar surface area (TPSA) is 40.5 Å². The molecule has 3 atom stereocenters. The molecule has 2 unspecified atom stereocenters. The molecule has 2 N–H and O–H groups in total. The molecule has 1 fully saturated rings. The lowest BCUT2D eigenvalue weighted by Crippen LogP contribution is -2.28. The number of phenolic OH excluding ortho intramolecular Hbond substituents is 2. The van der Waals surface area contributed by atoms with Crippen molar-refractivity contribution >= 4 is 0 Å². The Kier molecular flexibility index (Phi) is 4.42. The fourth-order valence-corrected chi connectivity index (χ4v) is 4.60. The molecule has 0 aromatic heterocycles. The molecule has 2 aliphatic rings. The molecule has 3 rings (SSSR count). The van der Waals surface area contributed by atoms with Gasteiger partial charge in [-0.1, -0.05) is 45.1 Å². The summed E-state index contributed by atoms with van der Waals surface area (Å²) in [5.41, 5.74) is 2.28. The highest BCUT2D eigenvalue weighted by Gasteiger charge is 2.32. The third-order valence-corrected chi connectivity index (χ3v) is 5.80. The minimum Gasteiger partial charge on any atom is -0.504 e. The van der Waals surface area contributed by atoms with E-state index in [9.17, 15) is 10.2 Å². The van der Waals surface area contributed by atoms with E-state index in [1.807, 2.05) is 6.07 Å². The molecule has 0 spiro atoms. The van der Waals surface area contributed by atoms with Crippen molar-refractivity contribution in [1.29, 1.82) is 0 Å². The molecule has 21 heavy (non-hydrogen) atoms. The monoisotopic (exact) mass is 288 g/mol. The Morgan fingerprint density at radius 1 is 1.00 bits per heavy atom. The van der Waals surface area contributed by atoms with Crippen LogP contribution >= 0.6 is 0 Å². The highest BCUT2D eigenvalue weighted by Crippen LogP contribution is 2.44. The molecular formula is C19H28O2. The normalized spacial score (nSPS) is 29.1. The van der Waals surface area contributed by atoms with Gasteiger partial charge in [-0.25, -0.2) is 0 Å². The molecular weight excluding hydrogens is 260 g/mol. The minimum absolute atomic E-state index is 0.0426. The van der Waals surface area contributed by atoms with E-state index in [2.05, 4.69) is 6.92 Å². The molecule has 1 saturated carbocycles.